The van der Waals surface area contributed by atoms with Crippen LogP contribution < -0.4 is 10.2 Å². The van der Waals surface area contributed by atoms with Crippen molar-refractivity contribution in [3.8, 4) is 0 Å². The first-order chi connectivity index (χ1) is 7.85. The van der Waals surface area contributed by atoms with Crippen LogP contribution in [0.4, 0.5) is 11.6 Å². The SMILES string of the molecule is CCNc1cccc(N2CCCC2CC)n1. The van der Waals surface area contributed by atoms with Crippen molar-refractivity contribution in [1.82, 2.24) is 4.98 Å². The molecule has 1 aliphatic rings. The first-order valence-corrected chi connectivity index (χ1v) is 6.32. The first kappa shape index (κ1) is 11.2. The third-order valence-electron chi connectivity index (χ3n) is 3.23. The minimum absolute atomic E-state index is 0.685. The maximum atomic E-state index is 4.66. The summed E-state index contributed by atoms with van der Waals surface area (Å²) in [6.07, 6.45) is 3.82. The zero-order valence-corrected chi connectivity index (χ0v) is 10.2. The Balaban J connectivity index is 2.16. The van der Waals surface area contributed by atoms with Gasteiger partial charge in [-0.1, -0.05) is 13.0 Å². The van der Waals surface area contributed by atoms with Gasteiger partial charge in [-0.05, 0) is 38.3 Å². The molecular weight excluding hydrogens is 198 g/mol. The van der Waals surface area contributed by atoms with Crippen molar-refractivity contribution < 1.29 is 0 Å². The summed E-state index contributed by atoms with van der Waals surface area (Å²) < 4.78 is 0. The average molecular weight is 219 g/mol. The van der Waals surface area contributed by atoms with Crippen molar-refractivity contribution in [2.45, 2.75) is 39.2 Å². The molecule has 1 aliphatic heterocycles. The van der Waals surface area contributed by atoms with E-state index in [1.165, 1.54) is 19.3 Å². The van der Waals surface area contributed by atoms with Gasteiger partial charge in [0.2, 0.25) is 0 Å². The molecule has 0 aromatic carbocycles. The number of hydrogen-bond donors (Lipinski definition) is 1. The highest BCUT2D eigenvalue weighted by atomic mass is 15.2. The Morgan fingerprint density at radius 3 is 3.06 bits per heavy atom. The highest BCUT2D eigenvalue weighted by Gasteiger charge is 2.23. The molecule has 1 N–H and O–H groups in total. The Kier molecular flexibility index (Phi) is 3.65. The molecule has 1 fully saturated rings. The van der Waals surface area contributed by atoms with Crippen LogP contribution >= 0.6 is 0 Å². The molecule has 0 spiro atoms. The monoisotopic (exact) mass is 219 g/mol. The number of rotatable bonds is 4. The van der Waals surface area contributed by atoms with Crippen molar-refractivity contribution in [3.63, 3.8) is 0 Å². The van der Waals surface area contributed by atoms with Crippen LogP contribution in [0.25, 0.3) is 0 Å². The van der Waals surface area contributed by atoms with Crippen molar-refractivity contribution in [1.29, 1.82) is 0 Å². The van der Waals surface area contributed by atoms with Gasteiger partial charge < -0.3 is 10.2 Å². The lowest BCUT2D eigenvalue weighted by Gasteiger charge is -2.25. The van der Waals surface area contributed by atoms with E-state index in [1.807, 2.05) is 6.07 Å². The predicted molar refractivity (Wildman–Crippen MR) is 69.1 cm³/mol. The van der Waals surface area contributed by atoms with Crippen molar-refractivity contribution >= 4 is 11.6 Å². The molecule has 1 unspecified atom stereocenters. The van der Waals surface area contributed by atoms with Crippen molar-refractivity contribution in [2.75, 3.05) is 23.3 Å². The lowest BCUT2D eigenvalue weighted by molar-refractivity contribution is 0.641. The summed E-state index contributed by atoms with van der Waals surface area (Å²) in [4.78, 5) is 7.10. The summed E-state index contributed by atoms with van der Waals surface area (Å²) in [5, 5.41) is 3.27. The minimum Gasteiger partial charge on any atom is -0.370 e. The van der Waals surface area contributed by atoms with Crippen molar-refractivity contribution in [3.05, 3.63) is 18.2 Å². The van der Waals surface area contributed by atoms with E-state index in [2.05, 4.69) is 41.2 Å². The molecule has 3 heteroatoms. The number of hydrogen-bond acceptors (Lipinski definition) is 3. The molecule has 1 saturated heterocycles. The molecule has 1 aromatic rings. The van der Waals surface area contributed by atoms with Gasteiger partial charge >= 0.3 is 0 Å². The maximum absolute atomic E-state index is 4.66. The summed E-state index contributed by atoms with van der Waals surface area (Å²) in [5.41, 5.74) is 0. The summed E-state index contributed by atoms with van der Waals surface area (Å²) in [6.45, 7) is 6.44. The van der Waals surface area contributed by atoms with Gasteiger partial charge in [-0.2, -0.15) is 0 Å². The maximum Gasteiger partial charge on any atom is 0.131 e. The molecule has 1 atom stereocenters. The molecule has 0 amide bonds. The topological polar surface area (TPSA) is 28.2 Å². The summed E-state index contributed by atoms with van der Waals surface area (Å²) in [5.74, 6) is 2.12. The number of pyridine rings is 1. The van der Waals surface area contributed by atoms with Crippen LogP contribution in [0.15, 0.2) is 18.2 Å². The third kappa shape index (κ3) is 2.29. The van der Waals surface area contributed by atoms with Gasteiger partial charge in [0.25, 0.3) is 0 Å². The summed E-state index contributed by atoms with van der Waals surface area (Å²) >= 11 is 0. The fourth-order valence-corrected chi connectivity index (χ4v) is 2.42. The van der Waals surface area contributed by atoms with Crippen LogP contribution in [0.1, 0.15) is 33.1 Å². The van der Waals surface area contributed by atoms with Gasteiger partial charge in [0, 0.05) is 19.1 Å². The Morgan fingerprint density at radius 1 is 1.44 bits per heavy atom. The molecule has 2 rings (SSSR count). The van der Waals surface area contributed by atoms with Crippen LogP contribution in [0.2, 0.25) is 0 Å². The van der Waals surface area contributed by atoms with E-state index in [-0.39, 0.29) is 0 Å². The zero-order chi connectivity index (χ0) is 11.4. The summed E-state index contributed by atoms with van der Waals surface area (Å²) in [6, 6.07) is 6.92. The summed E-state index contributed by atoms with van der Waals surface area (Å²) in [7, 11) is 0. The Hall–Kier alpha value is -1.25. The van der Waals surface area contributed by atoms with Crippen LogP contribution in [-0.4, -0.2) is 24.1 Å². The fraction of sp³-hybridized carbons (Fsp3) is 0.615. The lowest BCUT2D eigenvalue weighted by Crippen LogP contribution is -2.29. The van der Waals surface area contributed by atoms with Gasteiger partial charge in [-0.25, -0.2) is 4.98 Å². The van der Waals surface area contributed by atoms with Gasteiger partial charge in [-0.15, -0.1) is 0 Å². The Morgan fingerprint density at radius 2 is 2.31 bits per heavy atom. The molecule has 0 radical (unpaired) electrons. The van der Waals surface area contributed by atoms with E-state index in [4.69, 9.17) is 0 Å². The second-order valence-electron chi connectivity index (χ2n) is 4.31. The van der Waals surface area contributed by atoms with E-state index >= 15 is 0 Å². The smallest absolute Gasteiger partial charge is 0.131 e. The quantitative estimate of drug-likeness (QED) is 0.844. The first-order valence-electron chi connectivity index (χ1n) is 6.32. The van der Waals surface area contributed by atoms with Crippen molar-refractivity contribution in [2.24, 2.45) is 0 Å². The van der Waals surface area contributed by atoms with E-state index in [9.17, 15) is 0 Å². The second-order valence-corrected chi connectivity index (χ2v) is 4.31. The molecule has 0 aliphatic carbocycles. The molecule has 2 heterocycles. The van der Waals surface area contributed by atoms with E-state index in [0.717, 1.165) is 24.7 Å². The lowest BCUT2D eigenvalue weighted by atomic mass is 10.2. The molecular formula is C13H21N3. The van der Waals surface area contributed by atoms with E-state index < -0.39 is 0 Å². The van der Waals surface area contributed by atoms with E-state index in [1.54, 1.807) is 0 Å². The van der Waals surface area contributed by atoms with Gasteiger partial charge in [0.15, 0.2) is 0 Å². The molecule has 0 bridgehead atoms. The largest absolute Gasteiger partial charge is 0.370 e. The van der Waals surface area contributed by atoms with Gasteiger partial charge in [0.1, 0.15) is 11.6 Å². The standard InChI is InChI=1S/C13H21N3/c1-3-11-7-6-10-16(11)13-9-5-8-12(15-13)14-4-2/h5,8-9,11H,3-4,6-7,10H2,1-2H3,(H,14,15). The second kappa shape index (κ2) is 5.19. The predicted octanol–water partition coefficient (Wildman–Crippen LogP) is 2.89. The normalized spacial score (nSPS) is 20.1. The van der Waals surface area contributed by atoms with E-state index in [0.29, 0.717) is 6.04 Å². The fourth-order valence-electron chi connectivity index (χ4n) is 2.42. The van der Waals surface area contributed by atoms with Crippen LogP contribution in [-0.2, 0) is 0 Å². The number of aromatic nitrogens is 1. The number of nitrogens with zero attached hydrogens (tertiary/aromatic N) is 2. The molecule has 16 heavy (non-hydrogen) atoms. The van der Waals surface area contributed by atoms with Crippen LogP contribution in [0, 0.1) is 0 Å². The molecule has 1 aromatic heterocycles. The average Bonchev–Trinajstić information content (AvgIpc) is 2.78. The van der Waals surface area contributed by atoms with Gasteiger partial charge in [0.05, 0.1) is 0 Å². The van der Waals surface area contributed by atoms with Crippen LogP contribution in [0.5, 0.6) is 0 Å². The Labute approximate surface area is 97.9 Å². The molecule has 3 nitrogen and oxygen atoms in total. The minimum atomic E-state index is 0.685. The molecule has 88 valence electrons. The zero-order valence-electron chi connectivity index (χ0n) is 10.2. The van der Waals surface area contributed by atoms with Gasteiger partial charge in [-0.3, -0.25) is 0 Å². The Bertz CT molecular complexity index is 338. The number of nitrogens with one attached hydrogen (secondary N) is 1. The third-order valence-corrected chi connectivity index (χ3v) is 3.23. The molecule has 0 saturated carbocycles. The van der Waals surface area contributed by atoms with Crippen LogP contribution in [0.3, 0.4) is 0 Å². The highest BCUT2D eigenvalue weighted by Crippen LogP contribution is 2.26. The number of anilines is 2. The highest BCUT2D eigenvalue weighted by molar-refractivity contribution is 5.48.